The lowest BCUT2D eigenvalue weighted by molar-refractivity contribution is -0.0162. The van der Waals surface area contributed by atoms with Gasteiger partial charge in [-0.25, -0.2) is 0 Å². The predicted octanol–water partition coefficient (Wildman–Crippen LogP) is 2.46. The Hall–Kier alpha value is -1.06. The first kappa shape index (κ1) is 14.4. The molecule has 0 radical (unpaired) electrons. The van der Waals surface area contributed by atoms with Crippen LogP contribution < -0.4 is 10.5 Å². The molecule has 2 rings (SSSR count). The van der Waals surface area contributed by atoms with E-state index in [1.54, 1.807) is 0 Å². The zero-order valence-corrected chi connectivity index (χ0v) is 12.1. The lowest BCUT2D eigenvalue weighted by Gasteiger charge is -2.27. The molecule has 0 aliphatic heterocycles. The standard InChI is InChI=1S/C16H25NO2/c1-15(2,3)13-5-4-6-14(9-13)19-11-16(18,10-17)12-7-8-12/h4-6,9,12,18H,7-8,10-11,17H2,1-3H3. The van der Waals surface area contributed by atoms with Crippen LogP contribution >= 0.6 is 0 Å². The minimum absolute atomic E-state index is 0.0973. The van der Waals surface area contributed by atoms with Crippen molar-refractivity contribution in [3.8, 4) is 5.75 Å². The van der Waals surface area contributed by atoms with Gasteiger partial charge in [-0.15, -0.1) is 0 Å². The molecule has 0 heterocycles. The van der Waals surface area contributed by atoms with Crippen molar-refractivity contribution in [2.24, 2.45) is 11.7 Å². The fourth-order valence-electron chi connectivity index (χ4n) is 2.22. The molecule has 3 nitrogen and oxygen atoms in total. The lowest BCUT2D eigenvalue weighted by atomic mass is 9.87. The minimum atomic E-state index is -0.863. The van der Waals surface area contributed by atoms with Gasteiger partial charge in [-0.3, -0.25) is 0 Å². The van der Waals surface area contributed by atoms with Crippen LogP contribution in [0.3, 0.4) is 0 Å². The van der Waals surface area contributed by atoms with Crippen molar-refractivity contribution in [1.29, 1.82) is 0 Å². The normalized spacial score (nSPS) is 19.0. The highest BCUT2D eigenvalue weighted by Gasteiger charge is 2.43. The van der Waals surface area contributed by atoms with Gasteiger partial charge in [0.2, 0.25) is 0 Å². The predicted molar refractivity (Wildman–Crippen MR) is 77.4 cm³/mol. The third-order valence-electron chi connectivity index (χ3n) is 3.88. The second-order valence-corrected chi connectivity index (χ2v) is 6.65. The van der Waals surface area contributed by atoms with Crippen LogP contribution in [0, 0.1) is 5.92 Å². The first-order valence-corrected chi connectivity index (χ1v) is 7.01. The van der Waals surface area contributed by atoms with E-state index >= 15 is 0 Å². The van der Waals surface area contributed by atoms with Crippen molar-refractivity contribution in [3.63, 3.8) is 0 Å². The number of ether oxygens (including phenoxy) is 1. The summed E-state index contributed by atoms with van der Waals surface area (Å²) in [5, 5.41) is 10.4. The maximum Gasteiger partial charge on any atom is 0.119 e. The van der Waals surface area contributed by atoms with Crippen molar-refractivity contribution < 1.29 is 9.84 Å². The molecule has 1 aromatic carbocycles. The van der Waals surface area contributed by atoms with Crippen LogP contribution in [-0.2, 0) is 5.41 Å². The van der Waals surface area contributed by atoms with Crippen molar-refractivity contribution in [1.82, 2.24) is 0 Å². The molecule has 1 fully saturated rings. The summed E-state index contributed by atoms with van der Waals surface area (Å²) in [7, 11) is 0. The summed E-state index contributed by atoms with van der Waals surface area (Å²) < 4.78 is 5.77. The van der Waals surface area contributed by atoms with E-state index < -0.39 is 5.60 Å². The third kappa shape index (κ3) is 3.48. The molecular weight excluding hydrogens is 238 g/mol. The molecule has 1 saturated carbocycles. The quantitative estimate of drug-likeness (QED) is 0.858. The minimum Gasteiger partial charge on any atom is -0.491 e. The third-order valence-corrected chi connectivity index (χ3v) is 3.88. The van der Waals surface area contributed by atoms with Crippen molar-refractivity contribution in [2.45, 2.75) is 44.6 Å². The van der Waals surface area contributed by atoms with Gasteiger partial charge in [0.1, 0.15) is 18.0 Å². The van der Waals surface area contributed by atoms with E-state index in [2.05, 4.69) is 26.8 Å². The lowest BCUT2D eigenvalue weighted by Crippen LogP contribution is -2.45. The molecule has 1 aliphatic carbocycles. The Morgan fingerprint density at radius 2 is 2.00 bits per heavy atom. The van der Waals surface area contributed by atoms with Gasteiger partial charge in [-0.1, -0.05) is 32.9 Å². The Kier molecular flexibility index (Phi) is 3.88. The molecule has 19 heavy (non-hydrogen) atoms. The van der Waals surface area contributed by atoms with E-state index in [9.17, 15) is 5.11 Å². The summed E-state index contributed by atoms with van der Waals surface area (Å²) >= 11 is 0. The highest BCUT2D eigenvalue weighted by atomic mass is 16.5. The molecule has 0 spiro atoms. The van der Waals surface area contributed by atoms with Crippen LogP contribution in [-0.4, -0.2) is 23.9 Å². The molecule has 1 atom stereocenters. The monoisotopic (exact) mass is 263 g/mol. The maximum absolute atomic E-state index is 10.4. The van der Waals surface area contributed by atoms with Gasteiger partial charge >= 0.3 is 0 Å². The van der Waals surface area contributed by atoms with Gasteiger partial charge in [-0.2, -0.15) is 0 Å². The average molecular weight is 263 g/mol. The second-order valence-electron chi connectivity index (χ2n) is 6.65. The van der Waals surface area contributed by atoms with Crippen molar-refractivity contribution in [2.75, 3.05) is 13.2 Å². The number of hydrogen-bond acceptors (Lipinski definition) is 3. The number of hydrogen-bond donors (Lipinski definition) is 2. The first-order chi connectivity index (χ1) is 8.85. The molecule has 1 aliphatic rings. The van der Waals surface area contributed by atoms with Gasteiger partial charge in [0.25, 0.3) is 0 Å². The van der Waals surface area contributed by atoms with Crippen LogP contribution in [0.2, 0.25) is 0 Å². The Bertz CT molecular complexity index is 435. The fourth-order valence-corrected chi connectivity index (χ4v) is 2.22. The molecule has 0 saturated heterocycles. The number of aliphatic hydroxyl groups is 1. The van der Waals surface area contributed by atoms with E-state index in [1.807, 2.05) is 18.2 Å². The Morgan fingerprint density at radius 1 is 1.32 bits per heavy atom. The van der Waals surface area contributed by atoms with Crippen LogP contribution in [0.4, 0.5) is 0 Å². The van der Waals surface area contributed by atoms with Crippen molar-refractivity contribution in [3.05, 3.63) is 29.8 Å². The highest BCUT2D eigenvalue weighted by molar-refractivity contribution is 5.32. The molecule has 3 N–H and O–H groups in total. The molecule has 1 unspecified atom stereocenters. The second kappa shape index (κ2) is 5.14. The molecule has 3 heteroatoms. The number of benzene rings is 1. The van der Waals surface area contributed by atoms with Crippen LogP contribution in [0.25, 0.3) is 0 Å². The molecule has 0 bridgehead atoms. The Balaban J connectivity index is 2.03. The molecule has 106 valence electrons. The van der Waals surface area contributed by atoms with Gasteiger partial charge in [0, 0.05) is 6.54 Å². The number of nitrogens with two attached hydrogens (primary N) is 1. The van der Waals surface area contributed by atoms with E-state index in [0.29, 0.717) is 5.92 Å². The summed E-state index contributed by atoms with van der Waals surface area (Å²) in [6.07, 6.45) is 2.11. The smallest absolute Gasteiger partial charge is 0.119 e. The summed E-state index contributed by atoms with van der Waals surface area (Å²) in [5.74, 6) is 1.11. The van der Waals surface area contributed by atoms with E-state index in [0.717, 1.165) is 18.6 Å². The first-order valence-electron chi connectivity index (χ1n) is 7.01. The van der Waals surface area contributed by atoms with Crippen molar-refractivity contribution >= 4 is 0 Å². The molecule has 1 aromatic rings. The molecule has 0 aromatic heterocycles. The van der Waals surface area contributed by atoms with E-state index in [4.69, 9.17) is 10.5 Å². The topological polar surface area (TPSA) is 55.5 Å². The Morgan fingerprint density at radius 3 is 2.53 bits per heavy atom. The number of rotatable bonds is 5. The largest absolute Gasteiger partial charge is 0.491 e. The summed E-state index contributed by atoms with van der Waals surface area (Å²) in [4.78, 5) is 0. The summed E-state index contributed by atoms with van der Waals surface area (Å²) in [5.41, 5.74) is 6.14. The zero-order valence-electron chi connectivity index (χ0n) is 12.1. The van der Waals surface area contributed by atoms with Crippen LogP contribution in [0.5, 0.6) is 5.75 Å². The average Bonchev–Trinajstić information content (AvgIpc) is 3.20. The van der Waals surface area contributed by atoms with Crippen LogP contribution in [0.1, 0.15) is 39.2 Å². The summed E-state index contributed by atoms with van der Waals surface area (Å²) in [6.45, 7) is 7.06. The molecule has 0 amide bonds. The fraction of sp³-hybridized carbons (Fsp3) is 0.625. The van der Waals surface area contributed by atoms with E-state index in [1.165, 1.54) is 5.56 Å². The highest BCUT2D eigenvalue weighted by Crippen LogP contribution is 2.39. The zero-order chi connectivity index (χ0) is 14.1. The van der Waals surface area contributed by atoms with Gasteiger partial charge in [-0.05, 0) is 41.9 Å². The molecular formula is C16H25NO2. The van der Waals surface area contributed by atoms with Gasteiger partial charge < -0.3 is 15.6 Å². The van der Waals surface area contributed by atoms with Gasteiger partial charge in [0.05, 0.1) is 0 Å². The van der Waals surface area contributed by atoms with Gasteiger partial charge in [0.15, 0.2) is 0 Å². The van der Waals surface area contributed by atoms with E-state index in [-0.39, 0.29) is 18.6 Å². The summed E-state index contributed by atoms with van der Waals surface area (Å²) in [6, 6.07) is 8.07. The SMILES string of the molecule is CC(C)(C)c1cccc(OCC(O)(CN)C2CC2)c1. The Labute approximate surface area is 115 Å². The maximum atomic E-state index is 10.4. The van der Waals surface area contributed by atoms with Crippen LogP contribution in [0.15, 0.2) is 24.3 Å².